The van der Waals surface area contributed by atoms with E-state index in [4.69, 9.17) is 0 Å². The Morgan fingerprint density at radius 1 is 0.724 bits per heavy atom. The highest BCUT2D eigenvalue weighted by atomic mass is 127. The van der Waals surface area contributed by atoms with Crippen molar-refractivity contribution in [1.82, 2.24) is 0 Å². The van der Waals surface area contributed by atoms with E-state index < -0.39 is 31.6 Å². The molecule has 152 valence electrons. The molecule has 0 aliphatic rings. The van der Waals surface area contributed by atoms with Crippen molar-refractivity contribution in [2.45, 2.75) is 23.6 Å². The van der Waals surface area contributed by atoms with E-state index >= 15 is 0 Å². The quantitative estimate of drug-likeness (QED) is 0.439. The Bertz CT molecular complexity index is 1180. The Hall–Kier alpha value is -1.98. The van der Waals surface area contributed by atoms with Crippen LogP contribution in [-0.4, -0.2) is 16.8 Å². The van der Waals surface area contributed by atoms with Crippen molar-refractivity contribution in [3.05, 3.63) is 87.2 Å². The molecule has 3 rings (SSSR count). The van der Waals surface area contributed by atoms with Crippen LogP contribution >= 0.6 is 22.6 Å². The lowest BCUT2D eigenvalue weighted by atomic mass is 10.2. The first-order chi connectivity index (χ1) is 13.5. The summed E-state index contributed by atoms with van der Waals surface area (Å²) in [6.07, 6.45) is 0. The van der Waals surface area contributed by atoms with Crippen LogP contribution in [0.3, 0.4) is 0 Å². The van der Waals surface area contributed by atoms with Crippen molar-refractivity contribution in [1.29, 1.82) is 0 Å². The molecule has 0 radical (unpaired) electrons. The van der Waals surface area contributed by atoms with E-state index in [2.05, 4.69) is 0 Å². The maximum Gasteiger partial charge on any atom is 0.277 e. The fourth-order valence-electron chi connectivity index (χ4n) is 2.63. The molecule has 3 aromatic carbocycles. The molecule has 29 heavy (non-hydrogen) atoms. The van der Waals surface area contributed by atoms with Crippen LogP contribution in [0.4, 0.5) is 10.1 Å². The van der Waals surface area contributed by atoms with Gasteiger partial charge in [0.2, 0.25) is 0 Å². The molecule has 0 spiro atoms. The van der Waals surface area contributed by atoms with E-state index in [1.807, 2.05) is 22.6 Å². The van der Waals surface area contributed by atoms with Gasteiger partial charge in [-0.1, -0.05) is 35.4 Å². The van der Waals surface area contributed by atoms with Crippen molar-refractivity contribution in [2.75, 3.05) is 3.71 Å². The molecular weight excluding hydrogens is 528 g/mol. The van der Waals surface area contributed by atoms with Crippen LogP contribution in [0.25, 0.3) is 0 Å². The summed E-state index contributed by atoms with van der Waals surface area (Å²) >= 11 is 1.86. The van der Waals surface area contributed by atoms with Gasteiger partial charge in [-0.25, -0.2) is 21.2 Å². The second-order valence-electron chi connectivity index (χ2n) is 6.43. The molecule has 0 atom stereocenters. The molecule has 0 aromatic heterocycles. The second-order valence-corrected chi connectivity index (χ2v) is 11.5. The Balaban J connectivity index is 2.30. The highest BCUT2D eigenvalue weighted by molar-refractivity contribution is 14.1. The summed E-state index contributed by atoms with van der Waals surface area (Å²) in [6.45, 7) is 3.55. The van der Waals surface area contributed by atoms with Crippen LogP contribution < -0.4 is 3.71 Å². The van der Waals surface area contributed by atoms with Crippen LogP contribution in [0.1, 0.15) is 11.1 Å². The monoisotopic (exact) mass is 545 g/mol. The first kappa shape index (κ1) is 21.7. The molecule has 0 aliphatic heterocycles. The normalized spacial score (nSPS) is 12.0. The molecule has 0 heterocycles. The fourth-order valence-corrected chi connectivity index (χ4v) is 6.79. The number of anilines is 1. The highest BCUT2D eigenvalue weighted by Gasteiger charge is 2.38. The molecule has 0 saturated heterocycles. The molecule has 3 aromatic rings. The van der Waals surface area contributed by atoms with Crippen LogP contribution in [0, 0.1) is 23.2 Å². The van der Waals surface area contributed by atoms with Gasteiger partial charge in [0.1, 0.15) is 11.5 Å². The second kappa shape index (κ2) is 8.04. The summed E-state index contributed by atoms with van der Waals surface area (Å²) in [4.78, 5) is -0.506. The summed E-state index contributed by atoms with van der Waals surface area (Å²) in [5, 5.41) is 0. The molecule has 0 amide bonds. The molecule has 0 N–H and O–H groups in total. The molecule has 0 bridgehead atoms. The summed E-state index contributed by atoms with van der Waals surface area (Å²) in [5.74, 6) is -0.955. The standard InChI is InChI=1S/C20H17FINO4S2/c1-14-3-8-17(9-4-14)28(24,25)23(20-12-7-16(22)13-19(20)21)29(26,27)18-10-5-15(2)6-11-18/h3-13H,1-2H3. The fraction of sp³-hybridized carbons (Fsp3) is 0.100. The average Bonchev–Trinajstić information content (AvgIpc) is 2.64. The summed E-state index contributed by atoms with van der Waals surface area (Å²) in [7, 11) is -9.24. The van der Waals surface area contributed by atoms with Gasteiger partial charge in [0.25, 0.3) is 20.0 Å². The minimum Gasteiger partial charge on any atom is -0.205 e. The van der Waals surface area contributed by atoms with Crippen molar-refractivity contribution in [2.24, 2.45) is 0 Å². The number of hydrogen-bond acceptors (Lipinski definition) is 4. The Kier molecular flexibility index (Phi) is 6.02. The van der Waals surface area contributed by atoms with Gasteiger partial charge >= 0.3 is 0 Å². The first-order valence-electron chi connectivity index (χ1n) is 8.42. The zero-order valence-electron chi connectivity index (χ0n) is 15.5. The number of hydrogen-bond donors (Lipinski definition) is 0. The van der Waals surface area contributed by atoms with Crippen LogP contribution in [0.15, 0.2) is 76.5 Å². The highest BCUT2D eigenvalue weighted by Crippen LogP contribution is 2.33. The minimum absolute atomic E-state index is 0.167. The van der Waals surface area contributed by atoms with E-state index in [1.54, 1.807) is 38.1 Å². The number of halogens is 2. The third kappa shape index (κ3) is 4.31. The minimum atomic E-state index is -4.62. The van der Waals surface area contributed by atoms with Gasteiger partial charge in [-0.2, -0.15) is 3.71 Å². The molecule has 0 fully saturated rings. The van der Waals surface area contributed by atoms with Crippen molar-refractivity contribution < 1.29 is 21.2 Å². The van der Waals surface area contributed by atoms with Gasteiger partial charge in [0, 0.05) is 3.57 Å². The van der Waals surface area contributed by atoms with Crippen molar-refractivity contribution in [3.8, 4) is 0 Å². The van der Waals surface area contributed by atoms with E-state index in [-0.39, 0.29) is 13.5 Å². The topological polar surface area (TPSA) is 71.5 Å². The molecule has 0 aliphatic carbocycles. The zero-order chi connectivity index (χ0) is 21.4. The predicted octanol–water partition coefficient (Wildman–Crippen LogP) is 4.63. The number of nitrogens with zero attached hydrogens (tertiary/aromatic N) is 1. The lowest BCUT2D eigenvalue weighted by Crippen LogP contribution is -2.37. The van der Waals surface area contributed by atoms with Crippen LogP contribution in [0.5, 0.6) is 0 Å². The number of benzene rings is 3. The smallest absolute Gasteiger partial charge is 0.205 e. The lowest BCUT2D eigenvalue weighted by Gasteiger charge is -2.24. The number of rotatable bonds is 5. The van der Waals surface area contributed by atoms with E-state index in [0.29, 0.717) is 3.57 Å². The van der Waals surface area contributed by atoms with Gasteiger partial charge in [-0.3, -0.25) is 0 Å². The summed E-state index contributed by atoms with van der Waals surface area (Å²) in [6, 6.07) is 15.1. The zero-order valence-corrected chi connectivity index (χ0v) is 19.3. The molecule has 0 unspecified atom stereocenters. The Labute approximate surface area is 183 Å². The third-order valence-electron chi connectivity index (χ3n) is 4.18. The first-order valence-corrected chi connectivity index (χ1v) is 12.4. The molecule has 0 saturated carbocycles. The van der Waals surface area contributed by atoms with Crippen LogP contribution in [-0.2, 0) is 20.0 Å². The summed E-state index contributed by atoms with van der Waals surface area (Å²) in [5.41, 5.74) is 1.04. The van der Waals surface area contributed by atoms with E-state index in [0.717, 1.165) is 23.3 Å². The molecular formula is C20H17FINO4S2. The van der Waals surface area contributed by atoms with Gasteiger partial charge in [-0.15, -0.1) is 0 Å². The van der Waals surface area contributed by atoms with Gasteiger partial charge in [-0.05, 0) is 78.9 Å². The third-order valence-corrected chi connectivity index (χ3v) is 9.03. The average molecular weight is 545 g/mol. The lowest BCUT2D eigenvalue weighted by molar-refractivity contribution is 0.579. The number of sulfonamides is 2. The van der Waals surface area contributed by atoms with Crippen LogP contribution in [0.2, 0.25) is 0 Å². The molecule has 9 heteroatoms. The van der Waals surface area contributed by atoms with Crippen molar-refractivity contribution >= 4 is 48.3 Å². The maximum absolute atomic E-state index is 14.7. The van der Waals surface area contributed by atoms with Gasteiger partial charge in [0.15, 0.2) is 0 Å². The number of aryl methyl sites for hydroxylation is 2. The summed E-state index contributed by atoms with van der Waals surface area (Å²) < 4.78 is 68.8. The van der Waals surface area contributed by atoms with E-state index in [1.165, 1.54) is 30.3 Å². The Morgan fingerprint density at radius 2 is 1.14 bits per heavy atom. The largest absolute Gasteiger partial charge is 0.277 e. The van der Waals surface area contributed by atoms with Gasteiger partial charge in [0.05, 0.1) is 9.79 Å². The van der Waals surface area contributed by atoms with Gasteiger partial charge < -0.3 is 0 Å². The SMILES string of the molecule is Cc1ccc(S(=O)(=O)N(c2ccc(I)cc2F)S(=O)(=O)c2ccc(C)cc2)cc1. The Morgan fingerprint density at radius 3 is 1.52 bits per heavy atom. The predicted molar refractivity (Wildman–Crippen MR) is 118 cm³/mol. The van der Waals surface area contributed by atoms with Crippen molar-refractivity contribution in [3.63, 3.8) is 0 Å². The maximum atomic E-state index is 14.7. The molecule has 5 nitrogen and oxygen atoms in total. The van der Waals surface area contributed by atoms with E-state index in [9.17, 15) is 21.2 Å².